The summed E-state index contributed by atoms with van der Waals surface area (Å²) in [6, 6.07) is -1.28. The number of nitrogens with one attached hydrogen (secondary N) is 2. The zero-order chi connectivity index (χ0) is 14.1. The summed E-state index contributed by atoms with van der Waals surface area (Å²) in [5, 5.41) is 14.0. The first-order valence-electron chi connectivity index (χ1n) is 6.59. The van der Waals surface area contributed by atoms with E-state index in [1.54, 1.807) is 18.0 Å². The van der Waals surface area contributed by atoms with E-state index in [0.29, 0.717) is 18.1 Å². The Bertz CT molecular complexity index is 328. The van der Waals surface area contributed by atoms with Gasteiger partial charge in [0, 0.05) is 6.20 Å². The predicted molar refractivity (Wildman–Crippen MR) is 77.2 cm³/mol. The molecule has 1 saturated carbocycles. The molecule has 0 saturated heterocycles. The molecular formula is C13H22N2O3S. The van der Waals surface area contributed by atoms with E-state index in [1.807, 2.05) is 12.3 Å². The molecule has 19 heavy (non-hydrogen) atoms. The molecule has 0 aliphatic heterocycles. The number of rotatable bonds is 7. The third-order valence-corrected chi connectivity index (χ3v) is 3.84. The summed E-state index contributed by atoms with van der Waals surface area (Å²) in [5.74, 6) is 0.255. The molecule has 6 heteroatoms. The van der Waals surface area contributed by atoms with Crippen LogP contribution in [0.25, 0.3) is 0 Å². The monoisotopic (exact) mass is 286 g/mol. The van der Waals surface area contributed by atoms with Crippen LogP contribution in [0.4, 0.5) is 4.79 Å². The van der Waals surface area contributed by atoms with Gasteiger partial charge in [-0.2, -0.15) is 11.8 Å². The third-order valence-electron chi connectivity index (χ3n) is 3.20. The zero-order valence-electron chi connectivity index (χ0n) is 11.2. The first-order valence-corrected chi connectivity index (χ1v) is 7.98. The van der Waals surface area contributed by atoms with E-state index in [4.69, 9.17) is 5.11 Å². The Kier molecular flexibility index (Phi) is 7.40. The van der Waals surface area contributed by atoms with Crippen molar-refractivity contribution in [1.82, 2.24) is 10.6 Å². The Labute approximate surface area is 118 Å². The normalized spacial score (nSPS) is 17.5. The van der Waals surface area contributed by atoms with Gasteiger partial charge in [-0.25, -0.2) is 9.59 Å². The molecule has 0 spiro atoms. The largest absolute Gasteiger partial charge is 0.480 e. The number of allylic oxidation sites excluding steroid dienone is 1. The number of carbonyl (C=O) groups is 2. The Morgan fingerprint density at radius 3 is 2.68 bits per heavy atom. The summed E-state index contributed by atoms with van der Waals surface area (Å²) in [5.41, 5.74) is 0. The Hall–Kier alpha value is -1.17. The summed E-state index contributed by atoms with van der Waals surface area (Å²) in [6.07, 6.45) is 10.8. The van der Waals surface area contributed by atoms with Gasteiger partial charge in [0.1, 0.15) is 6.04 Å². The molecule has 0 aromatic carbocycles. The molecule has 0 radical (unpaired) electrons. The van der Waals surface area contributed by atoms with E-state index >= 15 is 0 Å². The minimum Gasteiger partial charge on any atom is -0.480 e. The topological polar surface area (TPSA) is 78.4 Å². The van der Waals surface area contributed by atoms with Crippen molar-refractivity contribution < 1.29 is 14.7 Å². The van der Waals surface area contributed by atoms with Crippen LogP contribution < -0.4 is 10.6 Å². The molecule has 5 nitrogen and oxygen atoms in total. The van der Waals surface area contributed by atoms with Crippen LogP contribution in [0.2, 0.25) is 0 Å². The number of hydrogen-bond donors (Lipinski definition) is 3. The quantitative estimate of drug-likeness (QED) is 0.670. The smallest absolute Gasteiger partial charge is 0.326 e. The van der Waals surface area contributed by atoms with Gasteiger partial charge in [-0.15, -0.1) is 0 Å². The van der Waals surface area contributed by atoms with Gasteiger partial charge in [-0.05, 0) is 37.2 Å². The van der Waals surface area contributed by atoms with Crippen LogP contribution in [0.5, 0.6) is 0 Å². The van der Waals surface area contributed by atoms with Crippen molar-refractivity contribution >= 4 is 23.8 Å². The van der Waals surface area contributed by atoms with Crippen LogP contribution in [-0.2, 0) is 4.79 Å². The lowest BCUT2D eigenvalue weighted by molar-refractivity contribution is -0.139. The van der Waals surface area contributed by atoms with Crippen molar-refractivity contribution in [3.8, 4) is 0 Å². The van der Waals surface area contributed by atoms with Crippen molar-refractivity contribution in [1.29, 1.82) is 0 Å². The van der Waals surface area contributed by atoms with E-state index in [-0.39, 0.29) is 0 Å². The lowest BCUT2D eigenvalue weighted by atomic mass is 10.1. The maximum Gasteiger partial charge on any atom is 0.326 e. The molecule has 0 aromatic rings. The summed E-state index contributed by atoms with van der Waals surface area (Å²) in [6.45, 7) is 0. The first kappa shape index (κ1) is 15.9. The molecule has 0 aromatic heterocycles. The second-order valence-electron chi connectivity index (χ2n) is 4.69. The van der Waals surface area contributed by atoms with Crippen molar-refractivity contribution in [3.63, 3.8) is 0 Å². The maximum absolute atomic E-state index is 11.6. The lowest BCUT2D eigenvalue weighted by Crippen LogP contribution is -2.44. The van der Waals surface area contributed by atoms with Crippen LogP contribution in [0, 0.1) is 5.92 Å². The van der Waals surface area contributed by atoms with E-state index in [0.717, 1.165) is 0 Å². The van der Waals surface area contributed by atoms with Crippen molar-refractivity contribution in [2.24, 2.45) is 5.92 Å². The highest BCUT2D eigenvalue weighted by Gasteiger charge is 2.18. The van der Waals surface area contributed by atoms with E-state index in [9.17, 15) is 9.59 Å². The number of carboxylic acids is 1. The van der Waals surface area contributed by atoms with Crippen LogP contribution in [0.15, 0.2) is 12.3 Å². The van der Waals surface area contributed by atoms with E-state index < -0.39 is 18.0 Å². The molecule has 1 aliphatic carbocycles. The standard InChI is InChI=1S/C13H22N2O3S/c1-19-9-7-11(12(16)17)15-13(18)14-8-6-10-4-2-3-5-10/h6,8,10-11H,2-5,7,9H2,1H3,(H,16,17)(H2,14,15,18)/b8-6+. The van der Waals surface area contributed by atoms with E-state index in [2.05, 4.69) is 10.6 Å². The highest BCUT2D eigenvalue weighted by molar-refractivity contribution is 7.98. The number of thioether (sulfide) groups is 1. The molecular weight excluding hydrogens is 264 g/mol. The van der Waals surface area contributed by atoms with Gasteiger partial charge >= 0.3 is 12.0 Å². The van der Waals surface area contributed by atoms with Crippen LogP contribution in [0.3, 0.4) is 0 Å². The van der Waals surface area contributed by atoms with Gasteiger partial charge < -0.3 is 15.7 Å². The Morgan fingerprint density at radius 1 is 1.42 bits per heavy atom. The molecule has 0 bridgehead atoms. The van der Waals surface area contributed by atoms with Crippen molar-refractivity contribution in [3.05, 3.63) is 12.3 Å². The number of urea groups is 1. The molecule has 1 fully saturated rings. The SMILES string of the molecule is CSCCC(NC(=O)N/C=C/C1CCCC1)C(=O)O. The molecule has 0 heterocycles. The number of carbonyl (C=O) groups excluding carboxylic acids is 1. The lowest BCUT2D eigenvalue weighted by Gasteiger charge is -2.13. The Morgan fingerprint density at radius 2 is 2.11 bits per heavy atom. The number of aliphatic carboxylic acids is 1. The molecule has 108 valence electrons. The van der Waals surface area contributed by atoms with Crippen LogP contribution >= 0.6 is 11.8 Å². The molecule has 1 atom stereocenters. The summed E-state index contributed by atoms with van der Waals surface area (Å²) in [7, 11) is 0. The average Bonchev–Trinajstić information content (AvgIpc) is 2.87. The minimum atomic E-state index is -0.996. The number of amides is 2. The molecule has 3 N–H and O–H groups in total. The van der Waals surface area contributed by atoms with Crippen molar-refractivity contribution in [2.75, 3.05) is 12.0 Å². The van der Waals surface area contributed by atoms with Gasteiger partial charge in [-0.1, -0.05) is 18.9 Å². The molecule has 1 unspecified atom stereocenters. The minimum absolute atomic E-state index is 0.427. The van der Waals surface area contributed by atoms with E-state index in [1.165, 1.54) is 25.7 Å². The molecule has 1 aliphatic rings. The molecule has 1 rings (SSSR count). The van der Waals surface area contributed by atoms with Crippen LogP contribution in [0.1, 0.15) is 32.1 Å². The van der Waals surface area contributed by atoms with Gasteiger partial charge in [0.2, 0.25) is 0 Å². The van der Waals surface area contributed by atoms with Crippen molar-refractivity contribution in [2.45, 2.75) is 38.1 Å². The second kappa shape index (κ2) is 8.85. The van der Waals surface area contributed by atoms with Gasteiger partial charge in [0.05, 0.1) is 0 Å². The maximum atomic E-state index is 11.6. The van der Waals surface area contributed by atoms with Crippen LogP contribution in [-0.4, -0.2) is 35.2 Å². The van der Waals surface area contributed by atoms with Gasteiger partial charge in [-0.3, -0.25) is 0 Å². The predicted octanol–water partition coefficient (Wildman–Crippen LogP) is 2.20. The zero-order valence-corrected chi connectivity index (χ0v) is 12.0. The van der Waals surface area contributed by atoms with Gasteiger partial charge in [0.25, 0.3) is 0 Å². The second-order valence-corrected chi connectivity index (χ2v) is 5.68. The third kappa shape index (κ3) is 6.52. The number of carboxylic acid groups (broad SMARTS) is 1. The average molecular weight is 286 g/mol. The Balaban J connectivity index is 2.28. The fraction of sp³-hybridized carbons (Fsp3) is 0.692. The summed E-state index contributed by atoms with van der Waals surface area (Å²) < 4.78 is 0. The fourth-order valence-corrected chi connectivity index (χ4v) is 2.57. The summed E-state index contributed by atoms with van der Waals surface area (Å²) >= 11 is 1.56. The fourth-order valence-electron chi connectivity index (χ4n) is 2.10. The van der Waals surface area contributed by atoms with Gasteiger partial charge in [0.15, 0.2) is 0 Å². The highest BCUT2D eigenvalue weighted by Crippen LogP contribution is 2.25. The number of hydrogen-bond acceptors (Lipinski definition) is 3. The molecule has 2 amide bonds. The summed E-state index contributed by atoms with van der Waals surface area (Å²) in [4.78, 5) is 22.5. The highest BCUT2D eigenvalue weighted by atomic mass is 32.2. The first-order chi connectivity index (χ1) is 9.13.